The fourth-order valence-corrected chi connectivity index (χ4v) is 1.52. The number of amides is 1. The molecule has 15 heavy (non-hydrogen) atoms. The molecule has 0 spiro atoms. The van der Waals surface area contributed by atoms with E-state index in [0.29, 0.717) is 12.5 Å². The second-order valence-electron chi connectivity index (χ2n) is 5.20. The highest BCUT2D eigenvalue weighted by Gasteiger charge is 2.15. The van der Waals surface area contributed by atoms with E-state index < -0.39 is 0 Å². The monoisotopic (exact) mass is 214 g/mol. The maximum Gasteiger partial charge on any atom is 0.224 e. The van der Waals surface area contributed by atoms with Crippen molar-refractivity contribution in [2.75, 3.05) is 13.1 Å². The fourth-order valence-electron chi connectivity index (χ4n) is 1.52. The van der Waals surface area contributed by atoms with Crippen LogP contribution in [0.25, 0.3) is 0 Å². The Bertz CT molecular complexity index is 194. The lowest BCUT2D eigenvalue weighted by atomic mass is 10.1. The Labute approximate surface area is 94.2 Å². The number of carbonyl (C=O) groups excluding carboxylic acids is 1. The molecular weight excluding hydrogens is 188 g/mol. The van der Waals surface area contributed by atoms with Crippen LogP contribution in [0.2, 0.25) is 0 Å². The minimum Gasteiger partial charge on any atom is -0.341 e. The maximum absolute atomic E-state index is 11.8. The topological polar surface area (TPSA) is 32.3 Å². The van der Waals surface area contributed by atoms with Gasteiger partial charge in [-0.15, -0.1) is 0 Å². The van der Waals surface area contributed by atoms with Gasteiger partial charge in [0.05, 0.1) is 0 Å². The van der Waals surface area contributed by atoms with Crippen molar-refractivity contribution in [3.63, 3.8) is 0 Å². The SMILES string of the molecule is CCN(C(=O)CCNC(C)(C)C)C(C)C. The molecule has 0 heterocycles. The Hall–Kier alpha value is -0.570. The average molecular weight is 214 g/mol. The average Bonchev–Trinajstić information content (AvgIpc) is 2.01. The molecule has 0 atom stereocenters. The summed E-state index contributed by atoms with van der Waals surface area (Å²) in [5, 5.41) is 3.32. The molecule has 0 aromatic carbocycles. The van der Waals surface area contributed by atoms with Crippen molar-refractivity contribution in [1.29, 1.82) is 0 Å². The van der Waals surface area contributed by atoms with Crippen LogP contribution in [0.1, 0.15) is 48.0 Å². The van der Waals surface area contributed by atoms with E-state index in [0.717, 1.165) is 13.1 Å². The molecule has 1 amide bonds. The smallest absolute Gasteiger partial charge is 0.224 e. The molecule has 0 rings (SSSR count). The van der Waals surface area contributed by atoms with Crippen LogP contribution in [-0.2, 0) is 4.79 Å². The predicted molar refractivity (Wildman–Crippen MR) is 64.9 cm³/mol. The normalized spacial score (nSPS) is 11.9. The zero-order valence-corrected chi connectivity index (χ0v) is 11.1. The lowest BCUT2D eigenvalue weighted by molar-refractivity contribution is -0.132. The largest absolute Gasteiger partial charge is 0.341 e. The van der Waals surface area contributed by atoms with Gasteiger partial charge in [-0.25, -0.2) is 0 Å². The van der Waals surface area contributed by atoms with E-state index in [1.807, 2.05) is 11.8 Å². The van der Waals surface area contributed by atoms with Crippen LogP contribution in [0, 0.1) is 0 Å². The van der Waals surface area contributed by atoms with Crippen molar-refractivity contribution in [3.05, 3.63) is 0 Å². The van der Waals surface area contributed by atoms with E-state index in [4.69, 9.17) is 0 Å². The van der Waals surface area contributed by atoms with Crippen LogP contribution in [0.5, 0.6) is 0 Å². The second-order valence-corrected chi connectivity index (χ2v) is 5.20. The molecule has 0 unspecified atom stereocenters. The fraction of sp³-hybridized carbons (Fsp3) is 0.917. The molecule has 0 saturated carbocycles. The lowest BCUT2D eigenvalue weighted by Crippen LogP contribution is -2.41. The van der Waals surface area contributed by atoms with Gasteiger partial charge in [0.1, 0.15) is 0 Å². The van der Waals surface area contributed by atoms with E-state index >= 15 is 0 Å². The quantitative estimate of drug-likeness (QED) is 0.759. The van der Waals surface area contributed by atoms with Gasteiger partial charge in [-0.05, 0) is 41.5 Å². The molecule has 0 fully saturated rings. The van der Waals surface area contributed by atoms with E-state index in [2.05, 4.69) is 39.9 Å². The van der Waals surface area contributed by atoms with Gasteiger partial charge in [0.25, 0.3) is 0 Å². The molecule has 3 nitrogen and oxygen atoms in total. The molecule has 90 valence electrons. The van der Waals surface area contributed by atoms with Crippen molar-refractivity contribution >= 4 is 5.91 Å². The van der Waals surface area contributed by atoms with Crippen molar-refractivity contribution in [2.45, 2.75) is 59.5 Å². The van der Waals surface area contributed by atoms with Crippen molar-refractivity contribution < 1.29 is 4.79 Å². The third kappa shape index (κ3) is 6.50. The lowest BCUT2D eigenvalue weighted by Gasteiger charge is -2.26. The highest BCUT2D eigenvalue weighted by atomic mass is 16.2. The predicted octanol–water partition coefficient (Wildman–Crippen LogP) is 2.02. The van der Waals surface area contributed by atoms with Crippen LogP contribution >= 0.6 is 0 Å². The molecule has 0 aromatic rings. The van der Waals surface area contributed by atoms with Gasteiger partial charge in [-0.3, -0.25) is 4.79 Å². The molecule has 0 aliphatic rings. The summed E-state index contributed by atoms with van der Waals surface area (Å²) < 4.78 is 0. The highest BCUT2D eigenvalue weighted by Crippen LogP contribution is 2.02. The summed E-state index contributed by atoms with van der Waals surface area (Å²) in [4.78, 5) is 13.7. The summed E-state index contributed by atoms with van der Waals surface area (Å²) in [7, 11) is 0. The third-order valence-corrected chi connectivity index (χ3v) is 2.28. The van der Waals surface area contributed by atoms with Gasteiger partial charge in [0.2, 0.25) is 5.91 Å². The first-order chi connectivity index (χ1) is 6.78. The van der Waals surface area contributed by atoms with Gasteiger partial charge in [-0.2, -0.15) is 0 Å². The first kappa shape index (κ1) is 14.4. The van der Waals surface area contributed by atoms with Crippen LogP contribution in [0.4, 0.5) is 0 Å². The maximum atomic E-state index is 11.8. The standard InChI is InChI=1S/C12H26N2O/c1-7-14(10(2)3)11(15)8-9-13-12(4,5)6/h10,13H,7-9H2,1-6H3. The van der Waals surface area contributed by atoms with Crippen molar-refractivity contribution in [2.24, 2.45) is 0 Å². The minimum absolute atomic E-state index is 0.0924. The molecule has 0 aliphatic carbocycles. The van der Waals surface area contributed by atoms with Gasteiger partial charge in [0, 0.05) is 31.1 Å². The van der Waals surface area contributed by atoms with E-state index in [-0.39, 0.29) is 11.4 Å². The highest BCUT2D eigenvalue weighted by molar-refractivity contribution is 5.76. The van der Waals surface area contributed by atoms with Gasteiger partial charge < -0.3 is 10.2 Å². The van der Waals surface area contributed by atoms with Gasteiger partial charge >= 0.3 is 0 Å². The molecule has 0 bridgehead atoms. The molecule has 0 saturated heterocycles. The summed E-state index contributed by atoms with van der Waals surface area (Å²) >= 11 is 0. The first-order valence-electron chi connectivity index (χ1n) is 5.82. The number of hydrogen-bond donors (Lipinski definition) is 1. The first-order valence-corrected chi connectivity index (χ1v) is 5.82. The number of carbonyl (C=O) groups is 1. The molecular formula is C12H26N2O. The van der Waals surface area contributed by atoms with Crippen LogP contribution in [0.15, 0.2) is 0 Å². The minimum atomic E-state index is 0.0924. The van der Waals surface area contributed by atoms with E-state index in [1.165, 1.54) is 0 Å². The molecule has 0 aliphatic heterocycles. The molecule has 0 aromatic heterocycles. The Kier molecular flexibility index (Phi) is 5.88. The molecule has 1 N–H and O–H groups in total. The molecule has 3 heteroatoms. The van der Waals surface area contributed by atoms with Crippen LogP contribution in [-0.4, -0.2) is 35.5 Å². The number of nitrogens with zero attached hydrogens (tertiary/aromatic N) is 1. The van der Waals surface area contributed by atoms with Crippen LogP contribution < -0.4 is 5.32 Å². The molecule has 0 radical (unpaired) electrons. The summed E-state index contributed by atoms with van der Waals surface area (Å²) in [6.45, 7) is 14.0. The van der Waals surface area contributed by atoms with E-state index in [9.17, 15) is 4.79 Å². The van der Waals surface area contributed by atoms with Crippen molar-refractivity contribution in [1.82, 2.24) is 10.2 Å². The summed E-state index contributed by atoms with van der Waals surface area (Å²) in [6.07, 6.45) is 0.587. The van der Waals surface area contributed by atoms with Crippen LogP contribution in [0.3, 0.4) is 0 Å². The second kappa shape index (κ2) is 6.11. The summed E-state index contributed by atoms with van der Waals surface area (Å²) in [5.74, 6) is 0.240. The van der Waals surface area contributed by atoms with Crippen molar-refractivity contribution in [3.8, 4) is 0 Å². The Morgan fingerprint density at radius 1 is 1.33 bits per heavy atom. The van der Waals surface area contributed by atoms with E-state index in [1.54, 1.807) is 0 Å². The Morgan fingerprint density at radius 2 is 1.87 bits per heavy atom. The Morgan fingerprint density at radius 3 is 2.20 bits per heavy atom. The summed E-state index contributed by atoms with van der Waals surface area (Å²) in [5.41, 5.74) is 0.0924. The number of nitrogens with one attached hydrogen (secondary N) is 1. The third-order valence-electron chi connectivity index (χ3n) is 2.28. The van der Waals surface area contributed by atoms with Gasteiger partial charge in [-0.1, -0.05) is 0 Å². The number of hydrogen-bond acceptors (Lipinski definition) is 2. The number of rotatable bonds is 5. The Balaban J connectivity index is 3.92. The zero-order valence-electron chi connectivity index (χ0n) is 11.1. The summed E-state index contributed by atoms with van der Waals surface area (Å²) in [6, 6.07) is 0.303. The zero-order chi connectivity index (χ0) is 12.1. The van der Waals surface area contributed by atoms with Gasteiger partial charge in [0.15, 0.2) is 0 Å².